The van der Waals surface area contributed by atoms with Crippen LogP contribution in [0.1, 0.15) is 30.0 Å². The number of hydrogen-bond donors (Lipinski definition) is 2. The first-order valence-electron chi connectivity index (χ1n) is 7.41. The second kappa shape index (κ2) is 8.87. The molecule has 2 N–H and O–H groups in total. The Bertz CT molecular complexity index is 756. The molecule has 0 saturated carbocycles. The van der Waals surface area contributed by atoms with E-state index in [4.69, 9.17) is 9.26 Å². The van der Waals surface area contributed by atoms with Crippen LogP contribution in [0.4, 0.5) is 10.9 Å². The summed E-state index contributed by atoms with van der Waals surface area (Å²) >= 11 is 1.27. The molecule has 2 aromatic heterocycles. The highest BCUT2D eigenvalue weighted by atomic mass is 32.1. The summed E-state index contributed by atoms with van der Waals surface area (Å²) in [7, 11) is 0. The van der Waals surface area contributed by atoms with Gasteiger partial charge in [-0.2, -0.15) is 0 Å². The number of carbonyl (C=O) groups is 3. The third-order valence-electron chi connectivity index (χ3n) is 2.82. The van der Waals surface area contributed by atoms with Crippen molar-refractivity contribution < 1.29 is 23.6 Å². The number of anilines is 2. The van der Waals surface area contributed by atoms with Crippen LogP contribution < -0.4 is 10.6 Å². The average Bonchev–Trinajstić information content (AvgIpc) is 3.13. The van der Waals surface area contributed by atoms with Crippen LogP contribution in [0.3, 0.4) is 0 Å². The minimum Gasteiger partial charge on any atom is -0.456 e. The molecule has 0 aromatic carbocycles. The number of esters is 1. The number of nitrogens with zero attached hydrogens (tertiary/aromatic N) is 3. The van der Waals surface area contributed by atoms with Gasteiger partial charge in [-0.3, -0.25) is 14.4 Å². The Kier molecular flexibility index (Phi) is 6.57. The Morgan fingerprint density at radius 2 is 1.96 bits per heavy atom. The van der Waals surface area contributed by atoms with E-state index < -0.39 is 18.5 Å². The minimum atomic E-state index is -0.564. The van der Waals surface area contributed by atoms with Gasteiger partial charge < -0.3 is 19.9 Å². The molecule has 0 aliphatic rings. The maximum Gasteiger partial charge on any atom is 0.306 e. The minimum absolute atomic E-state index is 0.0267. The Morgan fingerprint density at radius 1 is 1.16 bits per heavy atom. The summed E-state index contributed by atoms with van der Waals surface area (Å²) in [6.45, 7) is 3.04. The van der Waals surface area contributed by atoms with E-state index in [1.807, 2.05) is 0 Å². The highest BCUT2D eigenvalue weighted by Crippen LogP contribution is 2.14. The SMILES string of the molecule is Cc1cc(NC(=O)COC(=O)CCCC(=O)Nc2nnc(C)s2)no1. The van der Waals surface area contributed by atoms with Gasteiger partial charge in [0.1, 0.15) is 10.8 Å². The van der Waals surface area contributed by atoms with Crippen LogP contribution in [0.15, 0.2) is 10.6 Å². The summed E-state index contributed by atoms with van der Waals surface area (Å²) in [5.41, 5.74) is 0. The maximum atomic E-state index is 11.7. The first-order valence-corrected chi connectivity index (χ1v) is 8.23. The third kappa shape index (κ3) is 6.67. The van der Waals surface area contributed by atoms with Gasteiger partial charge in [-0.25, -0.2) is 0 Å². The first-order chi connectivity index (χ1) is 11.9. The van der Waals surface area contributed by atoms with Crippen LogP contribution in [-0.2, 0) is 19.1 Å². The topological polar surface area (TPSA) is 136 Å². The number of rotatable bonds is 8. The summed E-state index contributed by atoms with van der Waals surface area (Å²) in [5, 5.41) is 17.3. The molecule has 2 rings (SSSR count). The Morgan fingerprint density at radius 3 is 2.60 bits per heavy atom. The summed E-state index contributed by atoms with van der Waals surface area (Å²) in [6, 6.07) is 1.54. The molecule has 2 aromatic rings. The van der Waals surface area contributed by atoms with Gasteiger partial charge in [0.15, 0.2) is 12.4 Å². The van der Waals surface area contributed by atoms with Gasteiger partial charge in [-0.15, -0.1) is 10.2 Å². The second-order valence-corrected chi connectivity index (χ2v) is 6.24. The maximum absolute atomic E-state index is 11.7. The molecule has 25 heavy (non-hydrogen) atoms. The van der Waals surface area contributed by atoms with Crippen molar-refractivity contribution in [3.05, 3.63) is 16.8 Å². The highest BCUT2D eigenvalue weighted by Gasteiger charge is 2.11. The molecule has 0 bridgehead atoms. The van der Waals surface area contributed by atoms with Crippen molar-refractivity contribution in [2.75, 3.05) is 17.2 Å². The van der Waals surface area contributed by atoms with E-state index in [-0.39, 0.29) is 24.6 Å². The molecule has 0 saturated heterocycles. The molecular formula is C14H17N5O5S. The van der Waals surface area contributed by atoms with E-state index >= 15 is 0 Å². The van der Waals surface area contributed by atoms with E-state index in [9.17, 15) is 14.4 Å². The van der Waals surface area contributed by atoms with Crippen molar-refractivity contribution in [3.8, 4) is 0 Å². The molecule has 2 amide bonds. The van der Waals surface area contributed by atoms with E-state index in [2.05, 4.69) is 26.0 Å². The Hall–Kier alpha value is -2.82. The zero-order valence-electron chi connectivity index (χ0n) is 13.7. The van der Waals surface area contributed by atoms with Gasteiger partial charge in [0.05, 0.1) is 0 Å². The molecule has 0 aliphatic carbocycles. The van der Waals surface area contributed by atoms with Crippen LogP contribution in [0, 0.1) is 13.8 Å². The highest BCUT2D eigenvalue weighted by molar-refractivity contribution is 7.15. The van der Waals surface area contributed by atoms with Crippen LogP contribution in [-0.4, -0.2) is 39.7 Å². The fourth-order valence-electron chi connectivity index (χ4n) is 1.74. The van der Waals surface area contributed by atoms with E-state index in [0.29, 0.717) is 17.3 Å². The van der Waals surface area contributed by atoms with Crippen molar-refractivity contribution in [3.63, 3.8) is 0 Å². The summed E-state index contributed by atoms with van der Waals surface area (Å²) < 4.78 is 9.62. The molecule has 134 valence electrons. The third-order valence-corrected chi connectivity index (χ3v) is 3.57. The largest absolute Gasteiger partial charge is 0.456 e. The lowest BCUT2D eigenvalue weighted by molar-refractivity contribution is -0.147. The summed E-state index contributed by atoms with van der Waals surface area (Å²) in [5.74, 6) is -0.545. The van der Waals surface area contributed by atoms with Crippen molar-refractivity contribution in [2.24, 2.45) is 0 Å². The zero-order valence-corrected chi connectivity index (χ0v) is 14.5. The number of ether oxygens (including phenoxy) is 1. The number of hydrogen-bond acceptors (Lipinski definition) is 9. The predicted molar refractivity (Wildman–Crippen MR) is 88.0 cm³/mol. The smallest absolute Gasteiger partial charge is 0.306 e. The molecule has 0 radical (unpaired) electrons. The fourth-order valence-corrected chi connectivity index (χ4v) is 2.35. The van der Waals surface area contributed by atoms with Crippen LogP contribution in [0.2, 0.25) is 0 Å². The monoisotopic (exact) mass is 367 g/mol. The standard InChI is InChI=1S/C14H17N5O5S/c1-8-6-10(19-24-8)15-12(21)7-23-13(22)5-3-4-11(20)16-14-18-17-9(2)25-14/h6H,3-5,7H2,1-2H3,(H,15,19,21)(H,16,18,20). The van der Waals surface area contributed by atoms with Crippen molar-refractivity contribution in [1.29, 1.82) is 0 Å². The van der Waals surface area contributed by atoms with Crippen LogP contribution >= 0.6 is 11.3 Å². The van der Waals surface area contributed by atoms with E-state index in [1.165, 1.54) is 17.4 Å². The molecule has 0 aliphatic heterocycles. The Labute approximate surface area is 146 Å². The first kappa shape index (κ1) is 18.5. The van der Waals surface area contributed by atoms with Crippen molar-refractivity contribution in [2.45, 2.75) is 33.1 Å². The number of carbonyl (C=O) groups excluding carboxylic acids is 3. The quantitative estimate of drug-likeness (QED) is 0.669. The molecule has 0 atom stereocenters. The van der Waals surface area contributed by atoms with Gasteiger partial charge in [0.2, 0.25) is 11.0 Å². The predicted octanol–water partition coefficient (Wildman–Crippen LogP) is 1.43. The molecule has 10 nitrogen and oxygen atoms in total. The number of aryl methyl sites for hydroxylation is 2. The van der Waals surface area contributed by atoms with Crippen LogP contribution in [0.5, 0.6) is 0 Å². The molecule has 2 heterocycles. The van der Waals surface area contributed by atoms with Gasteiger partial charge in [0.25, 0.3) is 5.91 Å². The Balaban J connectivity index is 1.58. The molecule has 0 fully saturated rings. The van der Waals surface area contributed by atoms with Gasteiger partial charge in [-0.05, 0) is 20.3 Å². The lowest BCUT2D eigenvalue weighted by Gasteiger charge is -2.04. The van der Waals surface area contributed by atoms with Gasteiger partial charge in [0, 0.05) is 18.9 Å². The van der Waals surface area contributed by atoms with Gasteiger partial charge in [-0.1, -0.05) is 16.5 Å². The fraction of sp³-hybridized carbons (Fsp3) is 0.429. The van der Waals surface area contributed by atoms with Crippen molar-refractivity contribution >= 4 is 40.1 Å². The normalized spacial score (nSPS) is 10.3. The number of aromatic nitrogens is 3. The lowest BCUT2D eigenvalue weighted by Crippen LogP contribution is -2.21. The summed E-state index contributed by atoms with van der Waals surface area (Å²) in [6.07, 6.45) is 0.462. The van der Waals surface area contributed by atoms with Gasteiger partial charge >= 0.3 is 5.97 Å². The molecule has 0 unspecified atom stereocenters. The second-order valence-electron chi connectivity index (χ2n) is 5.06. The molecule has 0 spiro atoms. The molecule has 11 heteroatoms. The summed E-state index contributed by atoms with van der Waals surface area (Å²) in [4.78, 5) is 34.8. The van der Waals surface area contributed by atoms with Crippen molar-refractivity contribution in [1.82, 2.24) is 15.4 Å². The molecular weight excluding hydrogens is 350 g/mol. The zero-order chi connectivity index (χ0) is 18.2. The van der Waals surface area contributed by atoms with Crippen LogP contribution in [0.25, 0.3) is 0 Å². The van der Waals surface area contributed by atoms with E-state index in [1.54, 1.807) is 13.8 Å². The number of nitrogens with one attached hydrogen (secondary N) is 2. The number of amides is 2. The van der Waals surface area contributed by atoms with E-state index in [0.717, 1.165) is 5.01 Å². The average molecular weight is 367 g/mol. The lowest BCUT2D eigenvalue weighted by atomic mass is 10.2.